The summed E-state index contributed by atoms with van der Waals surface area (Å²) in [5, 5.41) is 0. The average molecular weight is 273 g/mol. The third-order valence-corrected chi connectivity index (χ3v) is 3.58. The molecule has 0 amide bonds. The first-order valence-electron chi connectivity index (χ1n) is 5.43. The minimum atomic E-state index is 0.230. The summed E-state index contributed by atoms with van der Waals surface area (Å²) < 4.78 is 6.37. The van der Waals surface area contributed by atoms with Crippen molar-refractivity contribution in [1.82, 2.24) is 4.90 Å². The zero-order valence-electron chi connectivity index (χ0n) is 8.95. The Bertz CT molecular complexity index is 326. The Morgan fingerprint density at radius 3 is 2.93 bits per heavy atom. The molecule has 2 unspecified atom stereocenters. The molecule has 4 heteroatoms. The number of halogens is 1. The van der Waals surface area contributed by atoms with Crippen molar-refractivity contribution in [3.63, 3.8) is 0 Å². The maximum Gasteiger partial charge on any atom is 0.169 e. The molecule has 1 aliphatic heterocycles. The molecule has 0 saturated carbocycles. The molecule has 0 bridgehead atoms. The number of nitrogens with zero attached hydrogens (tertiary/aromatic N) is 1. The highest BCUT2D eigenvalue weighted by Gasteiger charge is 2.29. The van der Waals surface area contributed by atoms with Crippen molar-refractivity contribution in [2.24, 2.45) is 5.73 Å². The summed E-state index contributed by atoms with van der Waals surface area (Å²) in [6, 6.07) is 4.78. The number of nitrogens with two attached hydrogens (primary N) is 1. The predicted octanol–water partition coefficient (Wildman–Crippen LogP) is 2.53. The standard InChI is InChI=1S/C11H17BrN2O/c1-8-3-2-6-14(8)9(7-13)10-4-5-11(12)15-10/h4-5,8-9H,2-3,6-7,13H2,1H3. The fourth-order valence-electron chi connectivity index (χ4n) is 2.34. The van der Waals surface area contributed by atoms with E-state index in [0.29, 0.717) is 12.6 Å². The quantitative estimate of drug-likeness (QED) is 0.920. The maximum absolute atomic E-state index is 5.84. The molecule has 3 nitrogen and oxygen atoms in total. The number of hydrogen-bond donors (Lipinski definition) is 1. The molecule has 1 aliphatic rings. The van der Waals surface area contributed by atoms with Gasteiger partial charge in [0.15, 0.2) is 4.67 Å². The van der Waals surface area contributed by atoms with E-state index in [1.807, 2.05) is 12.1 Å². The van der Waals surface area contributed by atoms with Crippen molar-refractivity contribution >= 4 is 15.9 Å². The van der Waals surface area contributed by atoms with E-state index in [0.717, 1.165) is 17.0 Å². The first-order valence-corrected chi connectivity index (χ1v) is 6.22. The summed E-state index contributed by atoms with van der Waals surface area (Å²) in [4.78, 5) is 2.44. The fourth-order valence-corrected chi connectivity index (χ4v) is 2.66. The Labute approximate surface area is 98.7 Å². The Balaban J connectivity index is 2.16. The van der Waals surface area contributed by atoms with Crippen LogP contribution in [0.5, 0.6) is 0 Å². The molecular weight excluding hydrogens is 256 g/mol. The van der Waals surface area contributed by atoms with E-state index in [2.05, 4.69) is 27.8 Å². The fraction of sp³-hybridized carbons (Fsp3) is 0.636. The lowest BCUT2D eigenvalue weighted by Gasteiger charge is -2.28. The van der Waals surface area contributed by atoms with Crippen LogP contribution in [0.2, 0.25) is 0 Å². The van der Waals surface area contributed by atoms with Gasteiger partial charge in [-0.15, -0.1) is 0 Å². The SMILES string of the molecule is CC1CCCN1C(CN)c1ccc(Br)o1. The van der Waals surface area contributed by atoms with E-state index in [-0.39, 0.29) is 6.04 Å². The molecule has 2 rings (SSSR count). The smallest absolute Gasteiger partial charge is 0.169 e. The van der Waals surface area contributed by atoms with Crippen molar-refractivity contribution in [2.45, 2.75) is 31.8 Å². The highest BCUT2D eigenvalue weighted by atomic mass is 79.9. The first kappa shape index (κ1) is 11.2. The number of hydrogen-bond acceptors (Lipinski definition) is 3. The molecule has 0 aliphatic carbocycles. The largest absolute Gasteiger partial charge is 0.453 e. The zero-order valence-corrected chi connectivity index (χ0v) is 10.5. The maximum atomic E-state index is 5.84. The van der Waals surface area contributed by atoms with Crippen LogP contribution in [0.3, 0.4) is 0 Å². The van der Waals surface area contributed by atoms with Crippen molar-refractivity contribution in [3.05, 3.63) is 22.6 Å². The molecule has 0 aromatic carbocycles. The molecule has 1 saturated heterocycles. The predicted molar refractivity (Wildman–Crippen MR) is 63.6 cm³/mol. The van der Waals surface area contributed by atoms with Crippen molar-refractivity contribution in [2.75, 3.05) is 13.1 Å². The van der Waals surface area contributed by atoms with Crippen molar-refractivity contribution in [1.29, 1.82) is 0 Å². The van der Waals surface area contributed by atoms with Crippen LogP contribution in [-0.2, 0) is 0 Å². The third-order valence-electron chi connectivity index (χ3n) is 3.15. The second-order valence-corrected chi connectivity index (χ2v) is 4.90. The lowest BCUT2D eigenvalue weighted by atomic mass is 10.1. The second-order valence-electron chi connectivity index (χ2n) is 4.12. The molecule has 2 atom stereocenters. The van der Waals surface area contributed by atoms with Crippen LogP contribution in [0.4, 0.5) is 0 Å². The third kappa shape index (κ3) is 2.27. The van der Waals surface area contributed by atoms with Crippen molar-refractivity contribution in [3.8, 4) is 0 Å². The summed E-state index contributed by atoms with van der Waals surface area (Å²) >= 11 is 3.33. The molecule has 0 radical (unpaired) electrons. The molecule has 2 N–H and O–H groups in total. The van der Waals surface area contributed by atoms with E-state index in [9.17, 15) is 0 Å². The molecule has 0 spiro atoms. The van der Waals surface area contributed by atoms with Gasteiger partial charge in [-0.25, -0.2) is 0 Å². The van der Waals surface area contributed by atoms with Crippen LogP contribution in [0.15, 0.2) is 21.2 Å². The molecule has 1 aromatic heterocycles. The highest BCUT2D eigenvalue weighted by Crippen LogP contribution is 2.30. The van der Waals surface area contributed by atoms with Gasteiger partial charge in [-0.1, -0.05) is 0 Å². The molecule has 1 aromatic rings. The molecule has 15 heavy (non-hydrogen) atoms. The van der Waals surface area contributed by atoms with E-state index in [4.69, 9.17) is 10.2 Å². The summed E-state index contributed by atoms with van der Waals surface area (Å²) in [6.45, 7) is 4.00. The van der Waals surface area contributed by atoms with Gasteiger partial charge in [0.25, 0.3) is 0 Å². The summed E-state index contributed by atoms with van der Waals surface area (Å²) in [5.41, 5.74) is 5.84. The Hall–Kier alpha value is -0.320. The molecular formula is C11H17BrN2O. The van der Waals surface area contributed by atoms with Gasteiger partial charge in [0.05, 0.1) is 6.04 Å². The number of rotatable bonds is 3. The van der Waals surface area contributed by atoms with Crippen LogP contribution in [0.1, 0.15) is 31.6 Å². The average Bonchev–Trinajstić information content (AvgIpc) is 2.79. The molecule has 2 heterocycles. The van der Waals surface area contributed by atoms with Gasteiger partial charge >= 0.3 is 0 Å². The van der Waals surface area contributed by atoms with Gasteiger partial charge in [0.2, 0.25) is 0 Å². The minimum Gasteiger partial charge on any atom is -0.453 e. The molecule has 84 valence electrons. The Morgan fingerprint density at radius 1 is 1.67 bits per heavy atom. The lowest BCUT2D eigenvalue weighted by Crippen LogP contribution is -2.35. The van der Waals surface area contributed by atoms with Gasteiger partial charge < -0.3 is 10.2 Å². The van der Waals surface area contributed by atoms with E-state index in [1.165, 1.54) is 12.8 Å². The normalized spacial score (nSPS) is 24.6. The second kappa shape index (κ2) is 4.68. The topological polar surface area (TPSA) is 42.4 Å². The number of furan rings is 1. The van der Waals surface area contributed by atoms with E-state index in [1.54, 1.807) is 0 Å². The summed E-state index contributed by atoms with van der Waals surface area (Å²) in [6.07, 6.45) is 2.53. The molecule has 1 fully saturated rings. The Morgan fingerprint density at radius 2 is 2.47 bits per heavy atom. The van der Waals surface area contributed by atoms with Crippen LogP contribution < -0.4 is 5.73 Å². The first-order chi connectivity index (χ1) is 7.22. The van der Waals surface area contributed by atoms with Crippen LogP contribution in [0, 0.1) is 0 Å². The highest BCUT2D eigenvalue weighted by molar-refractivity contribution is 9.10. The van der Waals surface area contributed by atoms with Gasteiger partial charge in [-0.3, -0.25) is 4.90 Å². The van der Waals surface area contributed by atoms with E-state index >= 15 is 0 Å². The van der Waals surface area contributed by atoms with Gasteiger partial charge in [0, 0.05) is 12.6 Å². The zero-order chi connectivity index (χ0) is 10.8. The number of likely N-dealkylation sites (tertiary alicyclic amines) is 1. The van der Waals surface area contributed by atoms with Crippen LogP contribution in [0.25, 0.3) is 0 Å². The summed E-state index contributed by atoms with van der Waals surface area (Å²) in [7, 11) is 0. The van der Waals surface area contributed by atoms with Crippen LogP contribution in [-0.4, -0.2) is 24.0 Å². The monoisotopic (exact) mass is 272 g/mol. The van der Waals surface area contributed by atoms with Gasteiger partial charge in [0.1, 0.15) is 5.76 Å². The lowest BCUT2D eigenvalue weighted by molar-refractivity contribution is 0.172. The van der Waals surface area contributed by atoms with Crippen LogP contribution >= 0.6 is 15.9 Å². The summed E-state index contributed by atoms with van der Waals surface area (Å²) in [5.74, 6) is 0.970. The minimum absolute atomic E-state index is 0.230. The van der Waals surface area contributed by atoms with E-state index < -0.39 is 0 Å². The van der Waals surface area contributed by atoms with Crippen molar-refractivity contribution < 1.29 is 4.42 Å². The Kier molecular flexibility index (Phi) is 3.49. The van der Waals surface area contributed by atoms with Gasteiger partial charge in [-0.05, 0) is 54.4 Å². The van der Waals surface area contributed by atoms with Gasteiger partial charge in [-0.2, -0.15) is 0 Å².